The second-order valence-electron chi connectivity index (χ2n) is 6.85. The average molecular weight is 345 g/mol. The van der Waals surface area contributed by atoms with Crippen LogP contribution in [0.2, 0.25) is 0 Å². The molecule has 3 rings (SSSR count). The van der Waals surface area contributed by atoms with Crippen LogP contribution in [-0.2, 0) is 20.9 Å². The number of ether oxygens (including phenoxy) is 1. The fourth-order valence-corrected chi connectivity index (χ4v) is 3.42. The topological polar surface area (TPSA) is 70.7 Å². The number of likely N-dealkylation sites (tertiary alicyclic amines) is 1. The molecule has 0 bridgehead atoms. The SMILES string of the molecule is O=C(NCC1CCCO1)C(=O)NC1CCN(Cc2ccccc2)CC1. The summed E-state index contributed by atoms with van der Waals surface area (Å²) < 4.78 is 5.44. The van der Waals surface area contributed by atoms with Gasteiger partial charge in [-0.3, -0.25) is 14.5 Å². The van der Waals surface area contributed by atoms with Crippen LogP contribution < -0.4 is 10.6 Å². The van der Waals surface area contributed by atoms with E-state index in [0.29, 0.717) is 6.54 Å². The highest BCUT2D eigenvalue weighted by Gasteiger charge is 2.24. The van der Waals surface area contributed by atoms with Crippen LogP contribution in [0.1, 0.15) is 31.2 Å². The Hall–Kier alpha value is -1.92. The zero-order chi connectivity index (χ0) is 17.5. The summed E-state index contributed by atoms with van der Waals surface area (Å²) in [5, 5.41) is 5.53. The van der Waals surface area contributed by atoms with E-state index in [2.05, 4.69) is 39.8 Å². The second kappa shape index (κ2) is 8.97. The number of hydrogen-bond donors (Lipinski definition) is 2. The molecule has 6 nitrogen and oxygen atoms in total. The van der Waals surface area contributed by atoms with Crippen LogP contribution in [0.5, 0.6) is 0 Å². The summed E-state index contributed by atoms with van der Waals surface area (Å²) in [6, 6.07) is 10.5. The largest absolute Gasteiger partial charge is 0.376 e. The Morgan fingerprint density at radius 1 is 1.08 bits per heavy atom. The van der Waals surface area contributed by atoms with Gasteiger partial charge in [-0.2, -0.15) is 0 Å². The molecule has 1 unspecified atom stereocenters. The lowest BCUT2D eigenvalue weighted by atomic mass is 10.0. The van der Waals surface area contributed by atoms with E-state index in [4.69, 9.17) is 4.74 Å². The normalized spacial score (nSPS) is 21.8. The lowest BCUT2D eigenvalue weighted by Crippen LogP contribution is -2.49. The number of rotatable bonds is 5. The lowest BCUT2D eigenvalue weighted by Gasteiger charge is -2.32. The average Bonchev–Trinajstić information content (AvgIpc) is 3.16. The fourth-order valence-electron chi connectivity index (χ4n) is 3.42. The van der Waals surface area contributed by atoms with Crippen molar-refractivity contribution in [3.63, 3.8) is 0 Å². The molecule has 6 heteroatoms. The third-order valence-electron chi connectivity index (χ3n) is 4.89. The molecule has 0 saturated carbocycles. The van der Waals surface area contributed by atoms with Gasteiger partial charge >= 0.3 is 11.8 Å². The molecule has 0 spiro atoms. The molecule has 0 aliphatic carbocycles. The van der Waals surface area contributed by atoms with E-state index in [1.54, 1.807) is 0 Å². The maximum atomic E-state index is 12.0. The smallest absolute Gasteiger partial charge is 0.309 e. The molecule has 2 fully saturated rings. The Labute approximate surface area is 148 Å². The number of piperidine rings is 1. The zero-order valence-electron chi connectivity index (χ0n) is 14.6. The summed E-state index contributed by atoms with van der Waals surface area (Å²) in [7, 11) is 0. The standard InChI is InChI=1S/C19H27N3O3/c23-18(20-13-17-7-4-12-25-17)19(24)21-16-8-10-22(11-9-16)14-15-5-2-1-3-6-15/h1-3,5-6,16-17H,4,7-14H2,(H,20,23)(H,21,24). The van der Waals surface area contributed by atoms with E-state index in [9.17, 15) is 9.59 Å². The van der Waals surface area contributed by atoms with Gasteiger partial charge in [0.25, 0.3) is 0 Å². The van der Waals surface area contributed by atoms with Gasteiger partial charge in [0.05, 0.1) is 6.10 Å². The van der Waals surface area contributed by atoms with Gasteiger partial charge in [-0.25, -0.2) is 0 Å². The Bertz CT molecular complexity index is 565. The van der Waals surface area contributed by atoms with Gasteiger partial charge in [0.1, 0.15) is 0 Å². The number of nitrogens with zero attached hydrogens (tertiary/aromatic N) is 1. The van der Waals surface area contributed by atoms with Crippen molar-refractivity contribution in [2.24, 2.45) is 0 Å². The van der Waals surface area contributed by atoms with Crippen molar-refractivity contribution in [1.29, 1.82) is 0 Å². The van der Waals surface area contributed by atoms with Crippen molar-refractivity contribution in [3.05, 3.63) is 35.9 Å². The number of benzene rings is 1. The predicted molar refractivity (Wildman–Crippen MR) is 94.9 cm³/mol. The summed E-state index contributed by atoms with van der Waals surface area (Å²) in [6.45, 7) is 3.95. The van der Waals surface area contributed by atoms with Gasteiger partial charge in [-0.05, 0) is 31.2 Å². The van der Waals surface area contributed by atoms with Crippen molar-refractivity contribution < 1.29 is 14.3 Å². The van der Waals surface area contributed by atoms with Crippen LogP contribution in [0.15, 0.2) is 30.3 Å². The molecule has 1 aromatic carbocycles. The van der Waals surface area contributed by atoms with Crippen LogP contribution in [0, 0.1) is 0 Å². The summed E-state index contributed by atoms with van der Waals surface area (Å²) in [6.07, 6.45) is 3.77. The molecule has 2 aliphatic heterocycles. The number of nitrogens with one attached hydrogen (secondary N) is 2. The molecule has 2 aliphatic rings. The van der Waals surface area contributed by atoms with Gasteiger partial charge in [-0.1, -0.05) is 30.3 Å². The zero-order valence-corrected chi connectivity index (χ0v) is 14.6. The highest BCUT2D eigenvalue weighted by molar-refractivity contribution is 6.35. The second-order valence-corrected chi connectivity index (χ2v) is 6.85. The van der Waals surface area contributed by atoms with E-state index >= 15 is 0 Å². The molecular formula is C19H27N3O3. The summed E-state index contributed by atoms with van der Waals surface area (Å²) in [5.41, 5.74) is 1.30. The van der Waals surface area contributed by atoms with E-state index in [0.717, 1.165) is 51.9 Å². The highest BCUT2D eigenvalue weighted by Crippen LogP contribution is 2.14. The first kappa shape index (κ1) is 17.9. The number of carbonyl (C=O) groups excluding carboxylic acids is 2. The number of hydrogen-bond acceptors (Lipinski definition) is 4. The van der Waals surface area contributed by atoms with Crippen molar-refractivity contribution in [1.82, 2.24) is 15.5 Å². The third kappa shape index (κ3) is 5.54. The van der Waals surface area contributed by atoms with Crippen molar-refractivity contribution in [2.45, 2.75) is 44.4 Å². The van der Waals surface area contributed by atoms with Gasteiger partial charge in [0, 0.05) is 38.8 Å². The summed E-state index contributed by atoms with van der Waals surface area (Å²) in [4.78, 5) is 26.3. The highest BCUT2D eigenvalue weighted by atomic mass is 16.5. The van der Waals surface area contributed by atoms with E-state index in [-0.39, 0.29) is 12.1 Å². The molecule has 25 heavy (non-hydrogen) atoms. The monoisotopic (exact) mass is 345 g/mol. The number of carbonyl (C=O) groups is 2. The van der Waals surface area contributed by atoms with E-state index in [1.165, 1.54) is 5.56 Å². The molecule has 2 N–H and O–H groups in total. The molecular weight excluding hydrogens is 318 g/mol. The first-order valence-electron chi connectivity index (χ1n) is 9.17. The first-order chi connectivity index (χ1) is 12.2. The van der Waals surface area contributed by atoms with Gasteiger partial charge in [-0.15, -0.1) is 0 Å². The lowest BCUT2D eigenvalue weighted by molar-refractivity contribution is -0.140. The first-order valence-corrected chi connectivity index (χ1v) is 9.17. The Morgan fingerprint density at radius 2 is 1.84 bits per heavy atom. The maximum absolute atomic E-state index is 12.0. The minimum Gasteiger partial charge on any atom is -0.376 e. The van der Waals surface area contributed by atoms with Crippen LogP contribution in [0.4, 0.5) is 0 Å². The van der Waals surface area contributed by atoms with Crippen molar-refractivity contribution >= 4 is 11.8 Å². The summed E-state index contributed by atoms with van der Waals surface area (Å²) >= 11 is 0. The fraction of sp³-hybridized carbons (Fsp3) is 0.579. The molecule has 1 atom stereocenters. The van der Waals surface area contributed by atoms with Crippen LogP contribution in [-0.4, -0.2) is 55.1 Å². The van der Waals surface area contributed by atoms with Crippen LogP contribution >= 0.6 is 0 Å². The predicted octanol–water partition coefficient (Wildman–Crippen LogP) is 1.06. The van der Waals surface area contributed by atoms with Crippen LogP contribution in [0.3, 0.4) is 0 Å². The molecule has 0 radical (unpaired) electrons. The summed E-state index contributed by atoms with van der Waals surface area (Å²) in [5.74, 6) is -1.08. The van der Waals surface area contributed by atoms with E-state index < -0.39 is 11.8 Å². The van der Waals surface area contributed by atoms with Gasteiger partial charge < -0.3 is 15.4 Å². The van der Waals surface area contributed by atoms with Crippen molar-refractivity contribution in [3.8, 4) is 0 Å². The molecule has 2 saturated heterocycles. The van der Waals surface area contributed by atoms with Crippen molar-refractivity contribution in [2.75, 3.05) is 26.2 Å². The Balaban J connectivity index is 1.35. The minimum absolute atomic E-state index is 0.0537. The molecule has 136 valence electrons. The maximum Gasteiger partial charge on any atom is 0.309 e. The Morgan fingerprint density at radius 3 is 2.52 bits per heavy atom. The van der Waals surface area contributed by atoms with E-state index in [1.807, 2.05) is 6.07 Å². The van der Waals surface area contributed by atoms with Crippen LogP contribution in [0.25, 0.3) is 0 Å². The van der Waals surface area contributed by atoms with Gasteiger partial charge in [0.2, 0.25) is 0 Å². The molecule has 2 heterocycles. The molecule has 0 aromatic heterocycles. The molecule has 2 amide bonds. The third-order valence-corrected chi connectivity index (χ3v) is 4.89. The Kier molecular flexibility index (Phi) is 6.42. The minimum atomic E-state index is -0.554. The molecule has 1 aromatic rings. The quantitative estimate of drug-likeness (QED) is 0.783. The van der Waals surface area contributed by atoms with Gasteiger partial charge in [0.15, 0.2) is 0 Å². The number of amides is 2.